The lowest BCUT2D eigenvalue weighted by Crippen LogP contribution is -2.21. The number of nitrogens with one attached hydrogen (secondary N) is 2. The van der Waals surface area contributed by atoms with Gasteiger partial charge in [0, 0.05) is 30.0 Å². The Bertz CT molecular complexity index is 470. The van der Waals surface area contributed by atoms with Crippen LogP contribution in [-0.4, -0.2) is 11.0 Å². The fraction of sp³-hybridized carbons (Fsp3) is 0.333. The maximum Gasteiger partial charge on any atom is 0.0456 e. The Morgan fingerprint density at radius 2 is 2.06 bits per heavy atom. The molecule has 2 heteroatoms. The van der Waals surface area contributed by atoms with Crippen molar-refractivity contribution in [1.82, 2.24) is 10.3 Å². The minimum atomic E-state index is 0.519. The van der Waals surface area contributed by atoms with Crippen LogP contribution in [0.1, 0.15) is 25.0 Å². The number of hydrogen-bond donors (Lipinski definition) is 2. The average molecular weight is 228 g/mol. The Morgan fingerprint density at radius 1 is 1.24 bits per heavy atom. The summed E-state index contributed by atoms with van der Waals surface area (Å²) in [5.74, 6) is 0. The highest BCUT2D eigenvalue weighted by atomic mass is 14.9. The topological polar surface area (TPSA) is 27.8 Å². The zero-order chi connectivity index (χ0) is 12.3. The number of benzene rings is 1. The molecular weight excluding hydrogens is 208 g/mol. The van der Waals surface area contributed by atoms with Crippen LogP contribution in [0.3, 0.4) is 0 Å². The second kappa shape index (κ2) is 5.19. The smallest absolute Gasteiger partial charge is 0.0456 e. The summed E-state index contributed by atoms with van der Waals surface area (Å²) in [6, 6.07) is 11.3. The molecular formula is C15H20N2. The molecule has 0 unspecified atom stereocenters. The van der Waals surface area contributed by atoms with Crippen molar-refractivity contribution in [2.75, 3.05) is 0 Å². The zero-order valence-electron chi connectivity index (χ0n) is 10.7. The Labute approximate surface area is 103 Å². The third kappa shape index (κ3) is 2.98. The van der Waals surface area contributed by atoms with Gasteiger partial charge in [-0.05, 0) is 36.2 Å². The summed E-state index contributed by atoms with van der Waals surface area (Å²) in [4.78, 5) is 3.27. The van der Waals surface area contributed by atoms with Crippen LogP contribution in [-0.2, 0) is 6.54 Å². The van der Waals surface area contributed by atoms with Crippen molar-refractivity contribution < 1.29 is 0 Å². The van der Waals surface area contributed by atoms with Crippen LogP contribution in [0.25, 0.3) is 11.3 Å². The third-order valence-corrected chi connectivity index (χ3v) is 2.90. The van der Waals surface area contributed by atoms with Gasteiger partial charge < -0.3 is 10.3 Å². The summed E-state index contributed by atoms with van der Waals surface area (Å²) in [6.07, 6.45) is 1.97. The predicted octanol–water partition coefficient (Wildman–Crippen LogP) is 3.49. The lowest BCUT2D eigenvalue weighted by Gasteiger charge is -2.11. The maximum atomic E-state index is 3.44. The monoisotopic (exact) mass is 228 g/mol. The highest BCUT2D eigenvalue weighted by Crippen LogP contribution is 2.22. The molecule has 0 fully saturated rings. The predicted molar refractivity (Wildman–Crippen MR) is 72.9 cm³/mol. The van der Waals surface area contributed by atoms with Gasteiger partial charge in [0.1, 0.15) is 0 Å². The Morgan fingerprint density at radius 3 is 2.71 bits per heavy atom. The van der Waals surface area contributed by atoms with Crippen LogP contribution >= 0.6 is 0 Å². The van der Waals surface area contributed by atoms with Crippen LogP contribution < -0.4 is 5.32 Å². The number of aryl methyl sites for hydroxylation is 1. The van der Waals surface area contributed by atoms with Gasteiger partial charge >= 0.3 is 0 Å². The molecule has 2 nitrogen and oxygen atoms in total. The van der Waals surface area contributed by atoms with Gasteiger partial charge in [0.2, 0.25) is 0 Å². The summed E-state index contributed by atoms with van der Waals surface area (Å²) in [7, 11) is 0. The fourth-order valence-electron chi connectivity index (χ4n) is 1.89. The molecule has 0 aliphatic heterocycles. The molecule has 1 aromatic carbocycles. The van der Waals surface area contributed by atoms with E-state index in [2.05, 4.69) is 55.3 Å². The molecule has 0 atom stereocenters. The first-order valence-electron chi connectivity index (χ1n) is 6.13. The number of hydrogen-bond acceptors (Lipinski definition) is 1. The Kier molecular flexibility index (Phi) is 3.64. The standard InChI is InChI=1S/C15H20N2/c1-11(2)17-10-13-7-6-12(3)14(9-13)15-5-4-8-16-15/h4-9,11,16-17H,10H2,1-3H3. The molecule has 17 heavy (non-hydrogen) atoms. The van der Waals surface area contributed by atoms with Gasteiger partial charge in [-0.25, -0.2) is 0 Å². The van der Waals surface area contributed by atoms with E-state index in [0.717, 1.165) is 6.54 Å². The molecule has 0 aliphatic carbocycles. The van der Waals surface area contributed by atoms with E-state index < -0.39 is 0 Å². The molecule has 90 valence electrons. The van der Waals surface area contributed by atoms with E-state index in [1.807, 2.05) is 12.3 Å². The highest BCUT2D eigenvalue weighted by Gasteiger charge is 2.04. The van der Waals surface area contributed by atoms with Crippen molar-refractivity contribution in [3.63, 3.8) is 0 Å². The second-order valence-corrected chi connectivity index (χ2v) is 4.77. The number of aromatic nitrogens is 1. The van der Waals surface area contributed by atoms with E-state index in [1.165, 1.54) is 22.4 Å². The molecule has 0 amide bonds. The molecule has 0 radical (unpaired) electrons. The third-order valence-electron chi connectivity index (χ3n) is 2.90. The van der Waals surface area contributed by atoms with Crippen LogP contribution in [0.5, 0.6) is 0 Å². The van der Waals surface area contributed by atoms with E-state index in [4.69, 9.17) is 0 Å². The summed E-state index contributed by atoms with van der Waals surface area (Å²) in [5, 5.41) is 3.44. The van der Waals surface area contributed by atoms with Gasteiger partial charge in [0.25, 0.3) is 0 Å². The summed E-state index contributed by atoms with van der Waals surface area (Å²) in [5.41, 5.74) is 5.11. The van der Waals surface area contributed by atoms with Crippen LogP contribution in [0.2, 0.25) is 0 Å². The molecule has 0 saturated carbocycles. The second-order valence-electron chi connectivity index (χ2n) is 4.77. The van der Waals surface area contributed by atoms with E-state index >= 15 is 0 Å². The SMILES string of the molecule is Cc1ccc(CNC(C)C)cc1-c1ccc[nH]1. The normalized spacial score (nSPS) is 11.1. The highest BCUT2D eigenvalue weighted by molar-refractivity contribution is 5.64. The molecule has 1 heterocycles. The first-order chi connectivity index (χ1) is 8.16. The van der Waals surface area contributed by atoms with Crippen molar-refractivity contribution in [2.24, 2.45) is 0 Å². The number of rotatable bonds is 4. The van der Waals surface area contributed by atoms with Crippen molar-refractivity contribution >= 4 is 0 Å². The van der Waals surface area contributed by atoms with Crippen molar-refractivity contribution in [2.45, 2.75) is 33.4 Å². The minimum absolute atomic E-state index is 0.519. The van der Waals surface area contributed by atoms with E-state index in [-0.39, 0.29) is 0 Å². The molecule has 2 N–H and O–H groups in total. The maximum absolute atomic E-state index is 3.44. The molecule has 0 spiro atoms. The minimum Gasteiger partial charge on any atom is -0.361 e. The zero-order valence-corrected chi connectivity index (χ0v) is 10.7. The van der Waals surface area contributed by atoms with E-state index in [1.54, 1.807) is 0 Å². The van der Waals surface area contributed by atoms with Gasteiger partial charge in [-0.2, -0.15) is 0 Å². The molecule has 2 aromatic rings. The largest absolute Gasteiger partial charge is 0.361 e. The molecule has 0 saturated heterocycles. The molecule has 1 aromatic heterocycles. The lowest BCUT2D eigenvalue weighted by molar-refractivity contribution is 0.589. The van der Waals surface area contributed by atoms with Gasteiger partial charge in [0.05, 0.1) is 0 Å². The summed E-state index contributed by atoms with van der Waals surface area (Å²) >= 11 is 0. The number of H-pyrrole nitrogens is 1. The summed E-state index contributed by atoms with van der Waals surface area (Å²) < 4.78 is 0. The first kappa shape index (κ1) is 11.9. The van der Waals surface area contributed by atoms with Crippen LogP contribution in [0, 0.1) is 6.92 Å². The van der Waals surface area contributed by atoms with Crippen molar-refractivity contribution in [3.8, 4) is 11.3 Å². The van der Waals surface area contributed by atoms with Gasteiger partial charge in [-0.15, -0.1) is 0 Å². The van der Waals surface area contributed by atoms with Gasteiger partial charge in [-0.1, -0.05) is 26.0 Å². The van der Waals surface area contributed by atoms with E-state index in [0.29, 0.717) is 6.04 Å². The lowest BCUT2D eigenvalue weighted by atomic mass is 10.0. The van der Waals surface area contributed by atoms with Gasteiger partial charge in [-0.3, -0.25) is 0 Å². The van der Waals surface area contributed by atoms with Crippen LogP contribution in [0.15, 0.2) is 36.5 Å². The van der Waals surface area contributed by atoms with E-state index in [9.17, 15) is 0 Å². The average Bonchev–Trinajstić information content (AvgIpc) is 2.81. The van der Waals surface area contributed by atoms with Crippen molar-refractivity contribution in [1.29, 1.82) is 0 Å². The molecule has 0 bridgehead atoms. The molecule has 0 aliphatic rings. The Hall–Kier alpha value is -1.54. The number of aromatic amines is 1. The molecule has 2 rings (SSSR count). The first-order valence-corrected chi connectivity index (χ1v) is 6.13. The van der Waals surface area contributed by atoms with Gasteiger partial charge in [0.15, 0.2) is 0 Å². The summed E-state index contributed by atoms with van der Waals surface area (Å²) in [6.45, 7) is 7.40. The Balaban J connectivity index is 2.24. The fourth-order valence-corrected chi connectivity index (χ4v) is 1.89. The quantitative estimate of drug-likeness (QED) is 0.823. The van der Waals surface area contributed by atoms with Crippen molar-refractivity contribution in [3.05, 3.63) is 47.7 Å². The van der Waals surface area contributed by atoms with Crippen LogP contribution in [0.4, 0.5) is 0 Å².